The van der Waals surface area contributed by atoms with Gasteiger partial charge in [-0.1, -0.05) is 30.3 Å². The van der Waals surface area contributed by atoms with Crippen molar-refractivity contribution in [3.05, 3.63) is 35.9 Å². The third kappa shape index (κ3) is 4.82. The SMILES string of the molecule is N[C@@H]1CC[C@H](C(=O)N2CCCN(C(=O)CCc3ccccc3)CC2)C1. The standard InChI is InChI=1S/C20H29N3O2/c21-18-9-8-17(15-18)20(25)23-12-4-11-22(13-14-23)19(24)10-7-16-5-2-1-3-6-16/h1-3,5-6,17-18H,4,7-15,21H2/t17-,18+/m0/s1. The van der Waals surface area contributed by atoms with Crippen LogP contribution in [0.25, 0.3) is 0 Å². The summed E-state index contributed by atoms with van der Waals surface area (Å²) in [5.41, 5.74) is 7.14. The van der Waals surface area contributed by atoms with Crippen LogP contribution < -0.4 is 5.73 Å². The van der Waals surface area contributed by atoms with Gasteiger partial charge in [-0.3, -0.25) is 9.59 Å². The van der Waals surface area contributed by atoms with E-state index in [1.165, 1.54) is 5.56 Å². The molecule has 136 valence electrons. The van der Waals surface area contributed by atoms with Crippen molar-refractivity contribution < 1.29 is 9.59 Å². The van der Waals surface area contributed by atoms with E-state index in [2.05, 4.69) is 12.1 Å². The molecule has 0 unspecified atom stereocenters. The van der Waals surface area contributed by atoms with Crippen LogP contribution in [0.5, 0.6) is 0 Å². The molecule has 2 aliphatic rings. The number of rotatable bonds is 4. The third-order valence-electron chi connectivity index (χ3n) is 5.45. The Morgan fingerprint density at radius 2 is 1.72 bits per heavy atom. The quantitative estimate of drug-likeness (QED) is 0.907. The Hall–Kier alpha value is -1.88. The van der Waals surface area contributed by atoms with E-state index in [0.717, 1.165) is 45.2 Å². The molecule has 0 bridgehead atoms. The fraction of sp³-hybridized carbons (Fsp3) is 0.600. The minimum Gasteiger partial charge on any atom is -0.341 e. The van der Waals surface area contributed by atoms with Gasteiger partial charge in [-0.2, -0.15) is 0 Å². The zero-order valence-electron chi connectivity index (χ0n) is 14.9. The Balaban J connectivity index is 1.47. The molecular weight excluding hydrogens is 314 g/mol. The first kappa shape index (κ1) is 17.9. The number of aryl methyl sites for hydroxylation is 1. The Morgan fingerprint density at radius 3 is 2.44 bits per heavy atom. The maximum absolute atomic E-state index is 12.7. The molecule has 2 atom stereocenters. The van der Waals surface area contributed by atoms with E-state index in [-0.39, 0.29) is 23.8 Å². The molecule has 25 heavy (non-hydrogen) atoms. The molecule has 0 spiro atoms. The smallest absolute Gasteiger partial charge is 0.225 e. The topological polar surface area (TPSA) is 66.6 Å². The number of hydrogen-bond acceptors (Lipinski definition) is 3. The first-order valence-electron chi connectivity index (χ1n) is 9.49. The molecule has 1 saturated carbocycles. The van der Waals surface area contributed by atoms with Crippen molar-refractivity contribution in [1.29, 1.82) is 0 Å². The van der Waals surface area contributed by atoms with Crippen LogP contribution in [0.4, 0.5) is 0 Å². The van der Waals surface area contributed by atoms with E-state index in [9.17, 15) is 9.59 Å². The van der Waals surface area contributed by atoms with Gasteiger partial charge in [0, 0.05) is 44.6 Å². The van der Waals surface area contributed by atoms with E-state index in [1.807, 2.05) is 28.0 Å². The molecule has 2 amide bonds. The maximum atomic E-state index is 12.7. The van der Waals surface area contributed by atoms with Gasteiger partial charge in [0.25, 0.3) is 0 Å². The van der Waals surface area contributed by atoms with E-state index < -0.39 is 0 Å². The van der Waals surface area contributed by atoms with Crippen LogP contribution in [-0.4, -0.2) is 53.8 Å². The molecule has 2 fully saturated rings. The number of carbonyl (C=O) groups excluding carboxylic acids is 2. The van der Waals surface area contributed by atoms with Gasteiger partial charge >= 0.3 is 0 Å². The molecule has 0 aromatic heterocycles. The zero-order chi connectivity index (χ0) is 17.6. The molecule has 5 heteroatoms. The van der Waals surface area contributed by atoms with Crippen molar-refractivity contribution in [3.63, 3.8) is 0 Å². The van der Waals surface area contributed by atoms with Crippen LogP contribution in [0, 0.1) is 5.92 Å². The number of benzene rings is 1. The van der Waals surface area contributed by atoms with Crippen LogP contribution >= 0.6 is 0 Å². The summed E-state index contributed by atoms with van der Waals surface area (Å²) in [4.78, 5) is 29.0. The minimum absolute atomic E-state index is 0.0929. The van der Waals surface area contributed by atoms with Gasteiger partial charge in [-0.15, -0.1) is 0 Å². The van der Waals surface area contributed by atoms with Gasteiger partial charge in [0.05, 0.1) is 0 Å². The summed E-state index contributed by atoms with van der Waals surface area (Å²) in [7, 11) is 0. The molecule has 2 N–H and O–H groups in total. The van der Waals surface area contributed by atoms with Crippen molar-refractivity contribution >= 4 is 11.8 Å². The zero-order valence-corrected chi connectivity index (χ0v) is 14.9. The number of carbonyl (C=O) groups is 2. The second-order valence-electron chi connectivity index (χ2n) is 7.32. The normalized spacial score (nSPS) is 24.2. The lowest BCUT2D eigenvalue weighted by Crippen LogP contribution is -2.39. The minimum atomic E-state index is 0.0929. The highest BCUT2D eigenvalue weighted by Crippen LogP contribution is 2.26. The van der Waals surface area contributed by atoms with Gasteiger partial charge in [-0.05, 0) is 37.7 Å². The van der Waals surface area contributed by atoms with Crippen LogP contribution in [0.1, 0.15) is 37.7 Å². The summed E-state index contributed by atoms with van der Waals surface area (Å²) in [6, 6.07) is 10.3. The van der Waals surface area contributed by atoms with E-state index in [1.54, 1.807) is 0 Å². The van der Waals surface area contributed by atoms with Crippen LogP contribution in [0.3, 0.4) is 0 Å². The number of amides is 2. The van der Waals surface area contributed by atoms with Crippen molar-refractivity contribution in [2.45, 2.75) is 44.6 Å². The molecule has 1 saturated heterocycles. The van der Waals surface area contributed by atoms with Crippen molar-refractivity contribution in [2.75, 3.05) is 26.2 Å². The summed E-state index contributed by atoms with van der Waals surface area (Å²) < 4.78 is 0. The molecule has 3 rings (SSSR count). The molecule has 1 aliphatic heterocycles. The molecule has 5 nitrogen and oxygen atoms in total. The van der Waals surface area contributed by atoms with Crippen LogP contribution in [-0.2, 0) is 16.0 Å². The van der Waals surface area contributed by atoms with Crippen LogP contribution in [0.15, 0.2) is 30.3 Å². The van der Waals surface area contributed by atoms with Crippen LogP contribution in [0.2, 0.25) is 0 Å². The summed E-state index contributed by atoms with van der Waals surface area (Å²) in [6.07, 6.45) is 4.86. The lowest BCUT2D eigenvalue weighted by Gasteiger charge is -2.24. The van der Waals surface area contributed by atoms with Crippen molar-refractivity contribution in [1.82, 2.24) is 9.80 Å². The molecule has 0 radical (unpaired) electrons. The number of hydrogen-bond donors (Lipinski definition) is 1. The summed E-state index contributed by atoms with van der Waals surface area (Å²) in [6.45, 7) is 2.81. The largest absolute Gasteiger partial charge is 0.341 e. The predicted octanol–water partition coefficient (Wildman–Crippen LogP) is 1.81. The van der Waals surface area contributed by atoms with Gasteiger partial charge in [-0.25, -0.2) is 0 Å². The number of nitrogens with two attached hydrogens (primary N) is 1. The highest BCUT2D eigenvalue weighted by molar-refractivity contribution is 5.80. The van der Waals surface area contributed by atoms with Crippen molar-refractivity contribution in [3.8, 4) is 0 Å². The van der Waals surface area contributed by atoms with Gasteiger partial charge in [0.2, 0.25) is 11.8 Å². The van der Waals surface area contributed by atoms with Crippen molar-refractivity contribution in [2.24, 2.45) is 11.7 Å². The monoisotopic (exact) mass is 343 g/mol. The first-order valence-corrected chi connectivity index (χ1v) is 9.49. The Labute approximate surface area is 150 Å². The first-order chi connectivity index (χ1) is 12.1. The maximum Gasteiger partial charge on any atom is 0.225 e. The number of nitrogens with zero attached hydrogens (tertiary/aromatic N) is 2. The third-order valence-corrected chi connectivity index (χ3v) is 5.45. The second-order valence-corrected chi connectivity index (χ2v) is 7.32. The summed E-state index contributed by atoms with van der Waals surface area (Å²) in [5, 5.41) is 0. The Morgan fingerprint density at radius 1 is 1.00 bits per heavy atom. The summed E-state index contributed by atoms with van der Waals surface area (Å²) >= 11 is 0. The molecule has 1 aromatic carbocycles. The predicted molar refractivity (Wildman–Crippen MR) is 97.9 cm³/mol. The lowest BCUT2D eigenvalue weighted by molar-refractivity contribution is -0.136. The summed E-state index contributed by atoms with van der Waals surface area (Å²) in [5.74, 6) is 0.530. The van der Waals surface area contributed by atoms with E-state index in [0.29, 0.717) is 19.5 Å². The fourth-order valence-corrected chi connectivity index (χ4v) is 3.94. The second kappa shape index (κ2) is 8.48. The molecule has 1 aromatic rings. The van der Waals surface area contributed by atoms with E-state index >= 15 is 0 Å². The Kier molecular flexibility index (Phi) is 6.08. The highest BCUT2D eigenvalue weighted by atomic mass is 16.2. The van der Waals surface area contributed by atoms with E-state index in [4.69, 9.17) is 5.73 Å². The Bertz CT molecular complexity index is 590. The van der Waals surface area contributed by atoms with Gasteiger partial charge < -0.3 is 15.5 Å². The molecular formula is C20H29N3O2. The highest BCUT2D eigenvalue weighted by Gasteiger charge is 2.32. The lowest BCUT2D eigenvalue weighted by atomic mass is 10.1. The molecule has 1 heterocycles. The van der Waals surface area contributed by atoms with Gasteiger partial charge in [0.1, 0.15) is 0 Å². The molecule has 1 aliphatic carbocycles. The average molecular weight is 343 g/mol. The fourth-order valence-electron chi connectivity index (χ4n) is 3.94. The average Bonchev–Trinajstić information content (AvgIpc) is 2.92. The van der Waals surface area contributed by atoms with Gasteiger partial charge in [0.15, 0.2) is 0 Å².